The summed E-state index contributed by atoms with van der Waals surface area (Å²) in [5.74, 6) is 7.08. The van der Waals surface area contributed by atoms with Gasteiger partial charge in [-0.1, -0.05) is 32.1 Å². The van der Waals surface area contributed by atoms with Gasteiger partial charge in [-0.25, -0.2) is 0 Å². The van der Waals surface area contributed by atoms with Crippen LogP contribution >= 0.6 is 0 Å². The third-order valence-electron chi connectivity index (χ3n) is 6.73. The molecule has 0 radical (unpaired) electrons. The van der Waals surface area contributed by atoms with Crippen LogP contribution in [0.25, 0.3) is 0 Å². The fourth-order valence-electron chi connectivity index (χ4n) is 6.27. The van der Waals surface area contributed by atoms with E-state index in [-0.39, 0.29) is 0 Å². The molecule has 0 N–H and O–H groups in total. The van der Waals surface area contributed by atoms with Crippen LogP contribution in [0, 0.1) is 35.5 Å². The van der Waals surface area contributed by atoms with Crippen molar-refractivity contribution in [2.75, 3.05) is 0 Å². The van der Waals surface area contributed by atoms with Gasteiger partial charge in [0.25, 0.3) is 0 Å². The Labute approximate surface area is 100 Å². The lowest BCUT2D eigenvalue weighted by Gasteiger charge is -2.40. The highest BCUT2D eigenvalue weighted by molar-refractivity contribution is 5.01. The van der Waals surface area contributed by atoms with Gasteiger partial charge < -0.3 is 0 Å². The van der Waals surface area contributed by atoms with Crippen LogP contribution in [0.4, 0.5) is 0 Å². The minimum atomic E-state index is 1.17. The van der Waals surface area contributed by atoms with Crippen molar-refractivity contribution in [1.29, 1.82) is 0 Å². The third-order valence-corrected chi connectivity index (χ3v) is 6.73. The summed E-state index contributed by atoms with van der Waals surface area (Å²) in [5, 5.41) is 0. The van der Waals surface area contributed by atoms with Crippen LogP contribution in [0.5, 0.6) is 0 Å². The van der Waals surface area contributed by atoms with Crippen LogP contribution in [-0.2, 0) is 0 Å². The summed E-state index contributed by atoms with van der Waals surface area (Å²) in [7, 11) is 0. The summed E-state index contributed by atoms with van der Waals surface area (Å²) >= 11 is 0. The van der Waals surface area contributed by atoms with Crippen LogP contribution < -0.4 is 0 Å². The molecule has 6 unspecified atom stereocenters. The molecule has 0 aromatic rings. The number of rotatable bonds is 0. The van der Waals surface area contributed by atoms with Crippen LogP contribution in [-0.4, -0.2) is 0 Å². The molecule has 90 valence electrons. The Morgan fingerprint density at radius 2 is 1.19 bits per heavy atom. The molecule has 0 heteroatoms. The SMILES string of the molecule is C1CCC2C(C1)CC1CCC3CCCC3C12. The zero-order valence-electron chi connectivity index (χ0n) is 10.5. The molecule has 0 bridgehead atoms. The van der Waals surface area contributed by atoms with Crippen molar-refractivity contribution in [3.63, 3.8) is 0 Å². The monoisotopic (exact) mass is 218 g/mol. The minimum absolute atomic E-state index is 1.17. The highest BCUT2D eigenvalue weighted by Gasteiger charge is 2.51. The number of fused-ring (bicyclic) bond motifs is 5. The summed E-state index contributed by atoms with van der Waals surface area (Å²) in [4.78, 5) is 0. The molecule has 0 heterocycles. The molecule has 0 spiro atoms. The first-order chi connectivity index (χ1) is 7.93. The molecule has 4 fully saturated rings. The van der Waals surface area contributed by atoms with Crippen molar-refractivity contribution in [2.24, 2.45) is 35.5 Å². The largest absolute Gasteiger partial charge is 0.0530 e. The lowest BCUT2D eigenvalue weighted by molar-refractivity contribution is 0.0862. The highest BCUT2D eigenvalue weighted by Crippen LogP contribution is 2.60. The topological polar surface area (TPSA) is 0 Å². The van der Waals surface area contributed by atoms with E-state index in [9.17, 15) is 0 Å². The van der Waals surface area contributed by atoms with Crippen molar-refractivity contribution in [1.82, 2.24) is 0 Å². The van der Waals surface area contributed by atoms with E-state index < -0.39 is 0 Å². The second-order valence-electron chi connectivity index (χ2n) is 7.21. The van der Waals surface area contributed by atoms with Gasteiger partial charge in [-0.3, -0.25) is 0 Å². The van der Waals surface area contributed by atoms with E-state index in [0.717, 1.165) is 0 Å². The van der Waals surface area contributed by atoms with Gasteiger partial charge in [-0.05, 0) is 67.6 Å². The maximum absolute atomic E-state index is 1.64. The Balaban J connectivity index is 1.61. The average molecular weight is 218 g/mol. The van der Waals surface area contributed by atoms with E-state index in [2.05, 4.69) is 0 Å². The van der Waals surface area contributed by atoms with Crippen LogP contribution in [0.3, 0.4) is 0 Å². The van der Waals surface area contributed by atoms with Crippen molar-refractivity contribution >= 4 is 0 Å². The van der Waals surface area contributed by atoms with Gasteiger partial charge in [0.1, 0.15) is 0 Å². The molecule has 0 aromatic carbocycles. The van der Waals surface area contributed by atoms with E-state index in [1.807, 2.05) is 0 Å². The molecule has 4 saturated carbocycles. The second kappa shape index (κ2) is 3.75. The van der Waals surface area contributed by atoms with E-state index in [1.54, 1.807) is 64.2 Å². The molecule has 6 atom stereocenters. The first kappa shape index (κ1) is 9.97. The molecular formula is C16H26. The Hall–Kier alpha value is 0. The molecule has 0 nitrogen and oxygen atoms in total. The first-order valence-electron chi connectivity index (χ1n) is 7.93. The van der Waals surface area contributed by atoms with Gasteiger partial charge in [-0.15, -0.1) is 0 Å². The van der Waals surface area contributed by atoms with Gasteiger partial charge in [0, 0.05) is 0 Å². The van der Waals surface area contributed by atoms with Crippen molar-refractivity contribution in [3.8, 4) is 0 Å². The first-order valence-corrected chi connectivity index (χ1v) is 7.93. The van der Waals surface area contributed by atoms with Gasteiger partial charge in [0.15, 0.2) is 0 Å². The van der Waals surface area contributed by atoms with Gasteiger partial charge in [-0.2, -0.15) is 0 Å². The lowest BCUT2D eigenvalue weighted by atomic mass is 9.65. The zero-order valence-corrected chi connectivity index (χ0v) is 10.5. The zero-order chi connectivity index (χ0) is 10.5. The maximum atomic E-state index is 1.64. The Kier molecular flexibility index (Phi) is 2.34. The summed E-state index contributed by atoms with van der Waals surface area (Å²) in [5.41, 5.74) is 0. The molecule has 0 aliphatic heterocycles. The number of hydrogen-bond donors (Lipinski definition) is 0. The van der Waals surface area contributed by atoms with E-state index >= 15 is 0 Å². The second-order valence-corrected chi connectivity index (χ2v) is 7.21. The van der Waals surface area contributed by atoms with Crippen molar-refractivity contribution < 1.29 is 0 Å². The van der Waals surface area contributed by atoms with Crippen LogP contribution in [0.15, 0.2) is 0 Å². The summed E-state index contributed by atoms with van der Waals surface area (Å²) in [6, 6.07) is 0. The van der Waals surface area contributed by atoms with Crippen LogP contribution in [0.1, 0.15) is 64.2 Å². The minimum Gasteiger partial charge on any atom is -0.0530 e. The Bertz CT molecular complexity index is 269. The fourth-order valence-corrected chi connectivity index (χ4v) is 6.27. The predicted octanol–water partition coefficient (Wildman–Crippen LogP) is 4.64. The van der Waals surface area contributed by atoms with Gasteiger partial charge in [0.05, 0.1) is 0 Å². The Morgan fingerprint density at radius 1 is 0.500 bits per heavy atom. The van der Waals surface area contributed by atoms with Gasteiger partial charge >= 0.3 is 0 Å². The fraction of sp³-hybridized carbons (Fsp3) is 1.00. The predicted molar refractivity (Wildman–Crippen MR) is 67.1 cm³/mol. The summed E-state index contributed by atoms with van der Waals surface area (Å²) in [6.45, 7) is 0. The average Bonchev–Trinajstić information content (AvgIpc) is 2.91. The van der Waals surface area contributed by atoms with E-state index in [4.69, 9.17) is 0 Å². The molecular weight excluding hydrogens is 192 g/mol. The molecule has 4 aliphatic rings. The third kappa shape index (κ3) is 1.34. The van der Waals surface area contributed by atoms with Crippen LogP contribution in [0.2, 0.25) is 0 Å². The summed E-state index contributed by atoms with van der Waals surface area (Å²) in [6.07, 6.45) is 15.9. The molecule has 4 aliphatic carbocycles. The molecule has 0 saturated heterocycles. The molecule has 4 rings (SSSR count). The smallest absolute Gasteiger partial charge is 0.0324 e. The molecule has 16 heavy (non-hydrogen) atoms. The van der Waals surface area contributed by atoms with E-state index in [0.29, 0.717) is 0 Å². The summed E-state index contributed by atoms with van der Waals surface area (Å²) < 4.78 is 0. The van der Waals surface area contributed by atoms with Crippen molar-refractivity contribution in [2.45, 2.75) is 64.2 Å². The maximum Gasteiger partial charge on any atom is -0.0324 e. The van der Waals surface area contributed by atoms with Crippen molar-refractivity contribution in [3.05, 3.63) is 0 Å². The standard InChI is InChI=1S/C16H26/c1-2-6-15-12(4-1)10-13-9-8-11-5-3-7-14(11)16(13)15/h11-16H,1-10H2. The highest BCUT2D eigenvalue weighted by atomic mass is 14.6. The molecule has 0 amide bonds. The van der Waals surface area contributed by atoms with Gasteiger partial charge in [0.2, 0.25) is 0 Å². The Morgan fingerprint density at radius 3 is 2.19 bits per heavy atom. The van der Waals surface area contributed by atoms with E-state index in [1.165, 1.54) is 35.5 Å². The molecule has 0 aromatic heterocycles. The normalized spacial score (nSPS) is 55.5. The number of hydrogen-bond acceptors (Lipinski definition) is 0. The quantitative estimate of drug-likeness (QED) is 0.555. The lowest BCUT2D eigenvalue weighted by Crippen LogP contribution is -2.33.